The molecule has 4 aromatic carbocycles. The van der Waals surface area contributed by atoms with Crippen LogP contribution in [0.2, 0.25) is 0 Å². The first-order valence-corrected chi connectivity index (χ1v) is 14.9. The van der Waals surface area contributed by atoms with Crippen molar-refractivity contribution < 1.29 is 4.39 Å². The van der Waals surface area contributed by atoms with Gasteiger partial charge in [-0.1, -0.05) is 99.6 Å². The average Bonchev–Trinajstić information content (AvgIpc) is 3.80. The predicted molar refractivity (Wildman–Crippen MR) is 173 cm³/mol. The molecule has 0 saturated heterocycles. The monoisotopic (exact) mass is 542 g/mol. The Hall–Kier alpha value is -4.24. The first-order valence-electron chi connectivity index (χ1n) is 14.9. The number of aryl methyl sites for hydroxylation is 2. The molecule has 0 aromatic heterocycles. The van der Waals surface area contributed by atoms with Crippen LogP contribution in [0.5, 0.6) is 0 Å². The molecule has 4 aromatic rings. The molecule has 1 N–H and O–H groups in total. The predicted octanol–water partition coefficient (Wildman–Crippen LogP) is 9.52. The van der Waals surface area contributed by atoms with Gasteiger partial charge in [0.25, 0.3) is 0 Å². The molecular weight excluding hydrogens is 503 g/mol. The maximum Gasteiger partial charge on any atom is 0.132 e. The van der Waals surface area contributed by atoms with Gasteiger partial charge in [0.05, 0.1) is 6.04 Å². The minimum absolute atomic E-state index is 0.125. The molecule has 1 unspecified atom stereocenters. The Morgan fingerprint density at radius 2 is 1.56 bits per heavy atom. The number of rotatable bonds is 4. The summed E-state index contributed by atoms with van der Waals surface area (Å²) in [6, 6.07) is 28.8. The summed E-state index contributed by atoms with van der Waals surface area (Å²) in [5.41, 5.74) is 14.1. The molecule has 2 aliphatic heterocycles. The van der Waals surface area contributed by atoms with Crippen LogP contribution in [0.4, 0.5) is 4.39 Å². The second-order valence-electron chi connectivity index (χ2n) is 10.3. The van der Waals surface area contributed by atoms with E-state index in [1.807, 2.05) is 32.2 Å². The standard InChI is InChI=1S/C26H23N.C10H10FN.C2H6/c1-3-18-12-13-22-21-11-7-8-17(2)23(21)15-24(22)26(18)25-14-20(16-27-25)19-9-5-4-6-10-19;11-9-5-2-1-4-8(9)10-6-3-7-12-10;1-2/h4-14,16,25H,3,15H2,1-2H3;1-2,4-6,12H,3,7H2;1-2H3. The number of hydrogen-bond donors (Lipinski definition) is 1. The van der Waals surface area contributed by atoms with Crippen LogP contribution in [0.3, 0.4) is 0 Å². The molecule has 0 amide bonds. The van der Waals surface area contributed by atoms with Crippen LogP contribution >= 0.6 is 0 Å². The summed E-state index contributed by atoms with van der Waals surface area (Å²) in [6.07, 6.45) is 9.47. The van der Waals surface area contributed by atoms with Crippen molar-refractivity contribution in [3.05, 3.63) is 142 Å². The van der Waals surface area contributed by atoms with Crippen molar-refractivity contribution in [2.45, 2.75) is 53.0 Å². The summed E-state index contributed by atoms with van der Waals surface area (Å²) in [6.45, 7) is 9.40. The molecular formula is C38H39FN2. The Labute approximate surface area is 244 Å². The van der Waals surface area contributed by atoms with Gasteiger partial charge in [-0.3, -0.25) is 4.99 Å². The van der Waals surface area contributed by atoms with Crippen molar-refractivity contribution in [3.8, 4) is 11.1 Å². The first kappa shape index (κ1) is 28.3. The van der Waals surface area contributed by atoms with Gasteiger partial charge in [-0.05, 0) is 94.5 Å². The molecule has 2 nitrogen and oxygen atoms in total. The summed E-state index contributed by atoms with van der Waals surface area (Å²) in [5.74, 6) is -0.154. The van der Waals surface area contributed by atoms with Crippen LogP contribution in [-0.2, 0) is 12.8 Å². The number of fused-ring (bicyclic) bond motifs is 3. The van der Waals surface area contributed by atoms with E-state index in [1.165, 1.54) is 56.1 Å². The molecule has 3 aliphatic rings. The summed E-state index contributed by atoms with van der Waals surface area (Å²) in [5, 5.41) is 3.13. The molecule has 0 bridgehead atoms. The lowest BCUT2D eigenvalue weighted by Crippen LogP contribution is -2.07. The van der Waals surface area contributed by atoms with E-state index >= 15 is 0 Å². The number of halogens is 1. The van der Waals surface area contributed by atoms with E-state index < -0.39 is 0 Å². The Balaban J connectivity index is 0.000000202. The highest BCUT2D eigenvalue weighted by Gasteiger charge is 2.28. The molecule has 208 valence electrons. The zero-order valence-electron chi connectivity index (χ0n) is 24.5. The van der Waals surface area contributed by atoms with Gasteiger partial charge < -0.3 is 5.32 Å². The van der Waals surface area contributed by atoms with Crippen molar-refractivity contribution >= 4 is 17.5 Å². The normalized spacial score (nSPS) is 15.9. The summed E-state index contributed by atoms with van der Waals surface area (Å²) >= 11 is 0. The molecule has 1 aliphatic carbocycles. The van der Waals surface area contributed by atoms with E-state index in [1.54, 1.807) is 12.1 Å². The van der Waals surface area contributed by atoms with E-state index in [4.69, 9.17) is 4.99 Å². The van der Waals surface area contributed by atoms with Gasteiger partial charge in [-0.2, -0.15) is 0 Å². The van der Waals surface area contributed by atoms with Crippen molar-refractivity contribution in [1.29, 1.82) is 0 Å². The van der Waals surface area contributed by atoms with E-state index in [0.29, 0.717) is 5.56 Å². The van der Waals surface area contributed by atoms with Crippen LogP contribution < -0.4 is 5.32 Å². The highest BCUT2D eigenvalue weighted by Crippen LogP contribution is 2.44. The molecule has 1 atom stereocenters. The van der Waals surface area contributed by atoms with E-state index in [9.17, 15) is 4.39 Å². The zero-order chi connectivity index (χ0) is 28.8. The van der Waals surface area contributed by atoms with E-state index in [0.717, 1.165) is 31.5 Å². The summed E-state index contributed by atoms with van der Waals surface area (Å²) in [4.78, 5) is 4.92. The van der Waals surface area contributed by atoms with Crippen LogP contribution in [-0.4, -0.2) is 12.8 Å². The highest BCUT2D eigenvalue weighted by molar-refractivity contribution is 6.12. The van der Waals surface area contributed by atoms with Crippen molar-refractivity contribution in [1.82, 2.24) is 5.32 Å². The molecule has 7 rings (SSSR count). The molecule has 0 fully saturated rings. The topological polar surface area (TPSA) is 24.4 Å². The molecule has 3 heteroatoms. The lowest BCUT2D eigenvalue weighted by Gasteiger charge is -2.17. The number of aliphatic imine (C=N–C) groups is 1. The minimum atomic E-state index is -0.154. The summed E-state index contributed by atoms with van der Waals surface area (Å²) < 4.78 is 13.2. The van der Waals surface area contributed by atoms with Crippen LogP contribution in [0.25, 0.3) is 22.4 Å². The second kappa shape index (κ2) is 13.0. The minimum Gasteiger partial charge on any atom is -0.384 e. The molecule has 0 saturated carbocycles. The maximum atomic E-state index is 13.2. The lowest BCUT2D eigenvalue weighted by molar-refractivity contribution is 0.622. The largest absolute Gasteiger partial charge is 0.384 e. The Morgan fingerprint density at radius 3 is 2.29 bits per heavy atom. The third-order valence-corrected chi connectivity index (χ3v) is 7.97. The zero-order valence-corrected chi connectivity index (χ0v) is 24.5. The van der Waals surface area contributed by atoms with Gasteiger partial charge in [0, 0.05) is 24.0 Å². The van der Waals surface area contributed by atoms with Gasteiger partial charge in [0.1, 0.15) is 5.82 Å². The average molecular weight is 543 g/mol. The van der Waals surface area contributed by atoms with Gasteiger partial charge in [0.15, 0.2) is 0 Å². The number of allylic oxidation sites excluding steroid dienone is 1. The van der Waals surface area contributed by atoms with Crippen molar-refractivity contribution in [3.63, 3.8) is 0 Å². The second-order valence-corrected chi connectivity index (χ2v) is 10.3. The van der Waals surface area contributed by atoms with Gasteiger partial charge in [-0.25, -0.2) is 4.39 Å². The fourth-order valence-electron chi connectivity index (χ4n) is 5.96. The number of nitrogens with one attached hydrogen (secondary N) is 1. The fraction of sp³-hybridized carbons (Fsp3) is 0.237. The smallest absolute Gasteiger partial charge is 0.132 e. The van der Waals surface area contributed by atoms with Crippen LogP contribution in [0, 0.1) is 12.7 Å². The fourth-order valence-corrected chi connectivity index (χ4v) is 5.96. The highest BCUT2D eigenvalue weighted by atomic mass is 19.1. The SMILES string of the molecule is CC.CCc1ccc2c(c1C1C=C(c3ccccc3)C=N1)Cc1c(C)cccc1-2.Fc1ccccc1C1=CCCN1. The number of benzene rings is 4. The quantitative estimate of drug-likeness (QED) is 0.240. The van der Waals surface area contributed by atoms with Crippen molar-refractivity contribution in [2.24, 2.45) is 4.99 Å². The molecule has 0 radical (unpaired) electrons. The van der Waals surface area contributed by atoms with Crippen LogP contribution in [0.1, 0.15) is 72.2 Å². The van der Waals surface area contributed by atoms with E-state index in [2.05, 4.69) is 85.9 Å². The van der Waals surface area contributed by atoms with Gasteiger partial charge >= 0.3 is 0 Å². The Bertz CT molecular complexity index is 1610. The number of hydrogen-bond acceptors (Lipinski definition) is 2. The van der Waals surface area contributed by atoms with E-state index in [-0.39, 0.29) is 11.9 Å². The maximum absolute atomic E-state index is 13.2. The molecule has 0 spiro atoms. The number of nitrogens with zero attached hydrogens (tertiary/aromatic N) is 1. The lowest BCUT2D eigenvalue weighted by atomic mass is 9.89. The first-order chi connectivity index (χ1) is 20.1. The van der Waals surface area contributed by atoms with Gasteiger partial charge in [-0.15, -0.1) is 0 Å². The third kappa shape index (κ3) is 5.81. The molecule has 2 heterocycles. The Morgan fingerprint density at radius 1 is 0.829 bits per heavy atom. The Kier molecular flexibility index (Phi) is 8.94. The summed E-state index contributed by atoms with van der Waals surface area (Å²) in [7, 11) is 0. The van der Waals surface area contributed by atoms with Crippen LogP contribution in [0.15, 0.2) is 102 Å². The third-order valence-electron chi connectivity index (χ3n) is 7.97. The van der Waals surface area contributed by atoms with Gasteiger partial charge in [0.2, 0.25) is 0 Å². The van der Waals surface area contributed by atoms with Crippen molar-refractivity contribution in [2.75, 3.05) is 6.54 Å². The molecule has 41 heavy (non-hydrogen) atoms.